The van der Waals surface area contributed by atoms with Crippen molar-refractivity contribution in [1.82, 2.24) is 5.32 Å². The van der Waals surface area contributed by atoms with Crippen molar-refractivity contribution in [2.24, 2.45) is 5.92 Å². The summed E-state index contributed by atoms with van der Waals surface area (Å²) < 4.78 is 10.3. The van der Waals surface area contributed by atoms with E-state index in [-0.39, 0.29) is 11.8 Å². The van der Waals surface area contributed by atoms with Gasteiger partial charge in [-0.1, -0.05) is 20.3 Å². The van der Waals surface area contributed by atoms with Crippen LogP contribution in [0.2, 0.25) is 0 Å². The molecule has 0 bridgehead atoms. The van der Waals surface area contributed by atoms with Gasteiger partial charge in [-0.15, -0.1) is 0 Å². The Labute approximate surface area is 143 Å². The fraction of sp³-hybridized carbons (Fsp3) is 0.556. The fourth-order valence-electron chi connectivity index (χ4n) is 2.03. The first-order valence-electron chi connectivity index (χ1n) is 8.10. The van der Waals surface area contributed by atoms with Crippen LogP contribution in [0.1, 0.15) is 41.0 Å². The van der Waals surface area contributed by atoms with Gasteiger partial charge in [-0.3, -0.25) is 4.79 Å². The number of carbonyl (C=O) groups is 2. The molecule has 0 radical (unpaired) electrons. The highest BCUT2D eigenvalue weighted by Crippen LogP contribution is 2.17. The molecular weight excluding hydrogens is 308 g/mol. The van der Waals surface area contributed by atoms with E-state index in [2.05, 4.69) is 10.6 Å². The number of carbonyl (C=O) groups excluding carboxylic acids is 2. The van der Waals surface area contributed by atoms with Crippen LogP contribution < -0.4 is 15.4 Å². The topological polar surface area (TPSA) is 76.7 Å². The Kier molecular flexibility index (Phi) is 7.07. The standard InChI is InChI=1S/C18H28N2O4/c1-7-12(2)15(20-17(22)24-18(3,4)5)16(21)19-13-8-10-14(23-6)11-9-13/h8-12,15H,7H2,1-6H3,(H,19,21)(H,20,22). The molecule has 0 spiro atoms. The van der Waals surface area contributed by atoms with Gasteiger partial charge in [0.05, 0.1) is 7.11 Å². The summed E-state index contributed by atoms with van der Waals surface area (Å²) >= 11 is 0. The van der Waals surface area contributed by atoms with Crippen LogP contribution in [0.3, 0.4) is 0 Å². The maximum atomic E-state index is 12.6. The van der Waals surface area contributed by atoms with E-state index in [0.717, 1.165) is 6.42 Å². The number of hydrogen-bond acceptors (Lipinski definition) is 4. The van der Waals surface area contributed by atoms with Crippen molar-refractivity contribution >= 4 is 17.7 Å². The van der Waals surface area contributed by atoms with E-state index in [9.17, 15) is 9.59 Å². The van der Waals surface area contributed by atoms with Crippen LogP contribution in [-0.2, 0) is 9.53 Å². The number of hydrogen-bond donors (Lipinski definition) is 2. The predicted molar refractivity (Wildman–Crippen MR) is 94.2 cm³/mol. The molecule has 1 aromatic rings. The molecule has 0 heterocycles. The summed E-state index contributed by atoms with van der Waals surface area (Å²) in [6.07, 6.45) is 0.147. The van der Waals surface area contributed by atoms with Crippen molar-refractivity contribution in [2.75, 3.05) is 12.4 Å². The maximum absolute atomic E-state index is 12.6. The highest BCUT2D eigenvalue weighted by Gasteiger charge is 2.28. The number of methoxy groups -OCH3 is 1. The Hall–Kier alpha value is -2.24. The summed E-state index contributed by atoms with van der Waals surface area (Å²) in [6.45, 7) is 9.22. The Balaban J connectivity index is 2.79. The van der Waals surface area contributed by atoms with E-state index in [1.807, 2.05) is 13.8 Å². The first kappa shape index (κ1) is 19.8. The minimum Gasteiger partial charge on any atom is -0.497 e. The molecule has 0 aromatic heterocycles. The van der Waals surface area contributed by atoms with Gasteiger partial charge >= 0.3 is 6.09 Å². The lowest BCUT2D eigenvalue weighted by Crippen LogP contribution is -2.49. The van der Waals surface area contributed by atoms with Gasteiger partial charge in [0.25, 0.3) is 0 Å². The van der Waals surface area contributed by atoms with Crippen molar-refractivity contribution in [1.29, 1.82) is 0 Å². The van der Waals surface area contributed by atoms with Gasteiger partial charge in [-0.2, -0.15) is 0 Å². The Morgan fingerprint density at radius 1 is 1.17 bits per heavy atom. The van der Waals surface area contributed by atoms with E-state index in [1.165, 1.54) is 0 Å². The smallest absolute Gasteiger partial charge is 0.408 e. The molecule has 134 valence electrons. The summed E-state index contributed by atoms with van der Waals surface area (Å²) in [4.78, 5) is 24.6. The summed E-state index contributed by atoms with van der Waals surface area (Å²) in [7, 11) is 1.58. The highest BCUT2D eigenvalue weighted by molar-refractivity contribution is 5.96. The first-order valence-corrected chi connectivity index (χ1v) is 8.10. The van der Waals surface area contributed by atoms with E-state index in [0.29, 0.717) is 11.4 Å². The molecule has 0 aliphatic heterocycles. The molecule has 2 amide bonds. The van der Waals surface area contributed by atoms with Crippen LogP contribution in [0, 0.1) is 5.92 Å². The van der Waals surface area contributed by atoms with Crippen LogP contribution in [0.5, 0.6) is 5.75 Å². The van der Waals surface area contributed by atoms with E-state index >= 15 is 0 Å². The molecule has 1 rings (SSSR count). The lowest BCUT2D eigenvalue weighted by atomic mass is 9.98. The molecule has 24 heavy (non-hydrogen) atoms. The summed E-state index contributed by atoms with van der Waals surface area (Å²) in [5, 5.41) is 5.48. The monoisotopic (exact) mass is 336 g/mol. The molecule has 0 fully saturated rings. The summed E-state index contributed by atoms with van der Waals surface area (Å²) in [6, 6.07) is 6.34. The van der Waals surface area contributed by atoms with Crippen molar-refractivity contribution in [3.8, 4) is 5.75 Å². The van der Waals surface area contributed by atoms with E-state index in [4.69, 9.17) is 9.47 Å². The molecule has 2 N–H and O–H groups in total. The molecule has 1 aromatic carbocycles. The number of nitrogens with one attached hydrogen (secondary N) is 2. The maximum Gasteiger partial charge on any atom is 0.408 e. The van der Waals surface area contributed by atoms with E-state index in [1.54, 1.807) is 52.1 Å². The lowest BCUT2D eigenvalue weighted by Gasteiger charge is -2.26. The molecule has 2 atom stereocenters. The molecule has 0 aliphatic rings. The molecule has 2 unspecified atom stereocenters. The van der Waals surface area contributed by atoms with Gasteiger partial charge in [0, 0.05) is 5.69 Å². The van der Waals surface area contributed by atoms with Crippen LogP contribution >= 0.6 is 0 Å². The molecule has 6 nitrogen and oxygen atoms in total. The van der Waals surface area contributed by atoms with Gasteiger partial charge in [-0.05, 0) is 51.0 Å². The minimum atomic E-state index is -0.674. The summed E-state index contributed by atoms with van der Waals surface area (Å²) in [5.74, 6) is 0.398. The molecule has 0 saturated heterocycles. The zero-order valence-corrected chi connectivity index (χ0v) is 15.3. The van der Waals surface area contributed by atoms with E-state index < -0.39 is 17.7 Å². The number of benzene rings is 1. The number of ether oxygens (including phenoxy) is 2. The second kappa shape index (κ2) is 8.57. The average molecular weight is 336 g/mol. The van der Waals surface area contributed by atoms with Crippen molar-refractivity contribution < 1.29 is 19.1 Å². The SMILES string of the molecule is CCC(C)C(NC(=O)OC(C)(C)C)C(=O)Nc1ccc(OC)cc1. The second-order valence-corrected chi connectivity index (χ2v) is 6.73. The number of alkyl carbamates (subject to hydrolysis) is 1. The van der Waals surface area contributed by atoms with Gasteiger partial charge in [0.1, 0.15) is 17.4 Å². The normalized spacial score (nSPS) is 13.6. The van der Waals surface area contributed by atoms with Crippen molar-refractivity contribution in [3.05, 3.63) is 24.3 Å². The summed E-state index contributed by atoms with van der Waals surface area (Å²) in [5.41, 5.74) is 0.0244. The lowest BCUT2D eigenvalue weighted by molar-refractivity contribution is -0.119. The average Bonchev–Trinajstić information content (AvgIpc) is 2.50. The Bertz CT molecular complexity index is 549. The van der Waals surface area contributed by atoms with Gasteiger partial charge in [0.2, 0.25) is 5.91 Å². The first-order chi connectivity index (χ1) is 11.2. The fourth-order valence-corrected chi connectivity index (χ4v) is 2.03. The molecule has 0 saturated carbocycles. The second-order valence-electron chi connectivity index (χ2n) is 6.73. The van der Waals surface area contributed by atoms with Crippen LogP contribution in [0.15, 0.2) is 24.3 Å². The molecule has 6 heteroatoms. The Morgan fingerprint density at radius 3 is 2.21 bits per heavy atom. The number of rotatable bonds is 6. The van der Waals surface area contributed by atoms with Gasteiger partial charge in [-0.25, -0.2) is 4.79 Å². The van der Waals surface area contributed by atoms with Crippen LogP contribution in [0.25, 0.3) is 0 Å². The zero-order valence-electron chi connectivity index (χ0n) is 15.3. The molecular formula is C18H28N2O4. The van der Waals surface area contributed by atoms with Gasteiger partial charge < -0.3 is 20.1 Å². The predicted octanol–water partition coefficient (Wildman–Crippen LogP) is 3.57. The zero-order chi connectivity index (χ0) is 18.3. The highest BCUT2D eigenvalue weighted by atomic mass is 16.6. The third-order valence-electron chi connectivity index (χ3n) is 3.53. The third-order valence-corrected chi connectivity index (χ3v) is 3.53. The van der Waals surface area contributed by atoms with Crippen molar-refractivity contribution in [2.45, 2.75) is 52.7 Å². The Morgan fingerprint density at radius 2 is 1.75 bits per heavy atom. The largest absolute Gasteiger partial charge is 0.497 e. The van der Waals surface area contributed by atoms with Crippen LogP contribution in [-0.4, -0.2) is 30.8 Å². The van der Waals surface area contributed by atoms with Crippen molar-refractivity contribution in [3.63, 3.8) is 0 Å². The quantitative estimate of drug-likeness (QED) is 0.832. The third kappa shape index (κ3) is 6.48. The van der Waals surface area contributed by atoms with Gasteiger partial charge in [0.15, 0.2) is 0 Å². The number of anilines is 1. The van der Waals surface area contributed by atoms with Crippen LogP contribution in [0.4, 0.5) is 10.5 Å². The minimum absolute atomic E-state index is 0.0317. The number of amides is 2. The molecule has 0 aliphatic carbocycles.